The second-order valence-corrected chi connectivity index (χ2v) is 5.42. The predicted octanol–water partition coefficient (Wildman–Crippen LogP) is 0.141. The Hall–Kier alpha value is -3.18. The number of aliphatic hydroxyl groups is 1. The van der Waals surface area contributed by atoms with E-state index in [1.807, 2.05) is 12.1 Å². The molecule has 0 bridgehead atoms. The number of nitrogens with one attached hydrogen (secondary N) is 2. The fourth-order valence-electron chi connectivity index (χ4n) is 2.09. The molecule has 2 aromatic rings. The van der Waals surface area contributed by atoms with E-state index in [9.17, 15) is 9.59 Å². The lowest BCUT2D eigenvalue weighted by Crippen LogP contribution is -2.50. The quantitative estimate of drug-likeness (QED) is 0.297. The molecule has 0 radical (unpaired) electrons. The van der Waals surface area contributed by atoms with Crippen LogP contribution < -0.4 is 16.5 Å². The van der Waals surface area contributed by atoms with Crippen molar-refractivity contribution in [2.45, 2.75) is 12.6 Å². The van der Waals surface area contributed by atoms with Gasteiger partial charge in [-0.15, -0.1) is 0 Å². The SMILES string of the molecule is NC[C@H](NC(=O)c1ccc(C#Cc2ccc(CO)cc2)cc1)C(=O)NO. The van der Waals surface area contributed by atoms with Crippen molar-refractivity contribution in [2.24, 2.45) is 5.73 Å². The van der Waals surface area contributed by atoms with Crippen LogP contribution in [0.4, 0.5) is 0 Å². The van der Waals surface area contributed by atoms with Gasteiger partial charge in [0.05, 0.1) is 6.61 Å². The summed E-state index contributed by atoms with van der Waals surface area (Å²) in [6, 6.07) is 12.8. The molecule has 0 fully saturated rings. The van der Waals surface area contributed by atoms with Gasteiger partial charge in [0.25, 0.3) is 11.8 Å². The van der Waals surface area contributed by atoms with Gasteiger partial charge in [0.2, 0.25) is 0 Å². The number of benzene rings is 2. The molecule has 7 nitrogen and oxygen atoms in total. The Morgan fingerprint density at radius 3 is 2.00 bits per heavy atom. The number of hydroxylamine groups is 1. The van der Waals surface area contributed by atoms with Gasteiger partial charge in [-0.1, -0.05) is 24.0 Å². The van der Waals surface area contributed by atoms with Crippen LogP contribution in [0.3, 0.4) is 0 Å². The van der Waals surface area contributed by atoms with Gasteiger partial charge >= 0.3 is 0 Å². The van der Waals surface area contributed by atoms with Crippen molar-refractivity contribution in [2.75, 3.05) is 6.54 Å². The molecule has 0 saturated carbocycles. The van der Waals surface area contributed by atoms with E-state index in [-0.39, 0.29) is 13.2 Å². The number of hydrogen-bond donors (Lipinski definition) is 5. The summed E-state index contributed by atoms with van der Waals surface area (Å²) in [6.45, 7) is -0.154. The van der Waals surface area contributed by atoms with Crippen LogP contribution in [-0.4, -0.2) is 34.7 Å². The molecule has 7 heteroatoms. The molecule has 0 spiro atoms. The molecular formula is C19H19N3O4. The van der Waals surface area contributed by atoms with E-state index < -0.39 is 17.9 Å². The Balaban J connectivity index is 2.04. The molecule has 1 atom stereocenters. The molecular weight excluding hydrogens is 334 g/mol. The Labute approximate surface area is 150 Å². The number of nitrogens with two attached hydrogens (primary N) is 1. The number of carbonyl (C=O) groups excluding carboxylic acids is 2. The molecule has 0 aromatic heterocycles. The second kappa shape index (κ2) is 9.34. The molecule has 26 heavy (non-hydrogen) atoms. The second-order valence-electron chi connectivity index (χ2n) is 5.42. The summed E-state index contributed by atoms with van der Waals surface area (Å²) in [5, 5.41) is 20.0. The minimum atomic E-state index is -1.02. The third kappa shape index (κ3) is 5.16. The third-order valence-electron chi connectivity index (χ3n) is 3.60. The lowest BCUT2D eigenvalue weighted by Gasteiger charge is -2.14. The first-order valence-corrected chi connectivity index (χ1v) is 7.84. The largest absolute Gasteiger partial charge is 0.392 e. The standard InChI is InChI=1S/C19H19N3O4/c20-11-17(19(25)22-26)21-18(24)16-9-7-14(8-10-16)2-1-13-3-5-15(12-23)6-4-13/h3-10,17,23,26H,11-12,20H2,(H,21,24)(H,22,25)/t17-/m0/s1. The first-order chi connectivity index (χ1) is 12.6. The monoisotopic (exact) mass is 353 g/mol. The highest BCUT2D eigenvalue weighted by Crippen LogP contribution is 2.06. The van der Waals surface area contributed by atoms with Gasteiger partial charge in [-0.25, -0.2) is 5.48 Å². The maximum Gasteiger partial charge on any atom is 0.267 e. The Bertz CT molecular complexity index is 821. The number of aliphatic hydroxyl groups excluding tert-OH is 1. The third-order valence-corrected chi connectivity index (χ3v) is 3.60. The normalized spacial score (nSPS) is 11.0. The van der Waals surface area contributed by atoms with Gasteiger partial charge in [-0.3, -0.25) is 14.8 Å². The summed E-state index contributed by atoms with van der Waals surface area (Å²) in [5.74, 6) is 4.71. The van der Waals surface area contributed by atoms with Crippen molar-refractivity contribution >= 4 is 11.8 Å². The summed E-state index contributed by atoms with van der Waals surface area (Å²) < 4.78 is 0. The Morgan fingerprint density at radius 2 is 1.54 bits per heavy atom. The van der Waals surface area contributed by atoms with E-state index in [0.717, 1.165) is 16.7 Å². The average molecular weight is 353 g/mol. The van der Waals surface area contributed by atoms with Gasteiger partial charge in [-0.05, 0) is 42.0 Å². The molecule has 134 valence electrons. The van der Waals surface area contributed by atoms with Crippen molar-refractivity contribution in [3.8, 4) is 11.8 Å². The van der Waals surface area contributed by atoms with E-state index in [0.29, 0.717) is 5.56 Å². The van der Waals surface area contributed by atoms with Crippen molar-refractivity contribution in [3.05, 3.63) is 70.8 Å². The summed E-state index contributed by atoms with van der Waals surface area (Å²) in [4.78, 5) is 23.4. The highest BCUT2D eigenvalue weighted by atomic mass is 16.5. The smallest absolute Gasteiger partial charge is 0.267 e. The molecule has 0 heterocycles. The summed E-state index contributed by atoms with van der Waals surface area (Å²) >= 11 is 0. The highest BCUT2D eigenvalue weighted by Gasteiger charge is 2.19. The molecule has 2 rings (SSSR count). The fourth-order valence-corrected chi connectivity index (χ4v) is 2.09. The van der Waals surface area contributed by atoms with E-state index in [1.165, 1.54) is 5.48 Å². The van der Waals surface area contributed by atoms with E-state index in [1.54, 1.807) is 36.4 Å². The first kappa shape index (κ1) is 19.1. The number of amides is 2. The van der Waals surface area contributed by atoms with Gasteiger partial charge in [-0.2, -0.15) is 0 Å². The van der Waals surface area contributed by atoms with Crippen LogP contribution in [0.25, 0.3) is 0 Å². The zero-order valence-electron chi connectivity index (χ0n) is 13.9. The minimum Gasteiger partial charge on any atom is -0.392 e. The average Bonchev–Trinajstić information content (AvgIpc) is 2.70. The van der Waals surface area contributed by atoms with Crippen LogP contribution in [0.2, 0.25) is 0 Å². The van der Waals surface area contributed by atoms with Gasteiger partial charge in [0.15, 0.2) is 0 Å². The van der Waals surface area contributed by atoms with Gasteiger partial charge in [0, 0.05) is 23.2 Å². The molecule has 0 aliphatic rings. The van der Waals surface area contributed by atoms with E-state index in [4.69, 9.17) is 16.0 Å². The van der Waals surface area contributed by atoms with Crippen LogP contribution in [0.5, 0.6) is 0 Å². The Kier molecular flexibility index (Phi) is 6.88. The van der Waals surface area contributed by atoms with Crippen LogP contribution in [0.1, 0.15) is 27.0 Å². The molecule has 0 aliphatic heterocycles. The topological polar surface area (TPSA) is 125 Å². The van der Waals surface area contributed by atoms with E-state index >= 15 is 0 Å². The molecule has 0 aliphatic carbocycles. The van der Waals surface area contributed by atoms with Crippen LogP contribution in [0.15, 0.2) is 48.5 Å². The molecule has 0 saturated heterocycles. The van der Waals surface area contributed by atoms with Crippen molar-refractivity contribution in [3.63, 3.8) is 0 Å². The van der Waals surface area contributed by atoms with Crippen LogP contribution >= 0.6 is 0 Å². The summed E-state index contributed by atoms with van der Waals surface area (Å²) in [7, 11) is 0. The zero-order chi connectivity index (χ0) is 18.9. The summed E-state index contributed by atoms with van der Waals surface area (Å²) in [6.07, 6.45) is 0. The number of carbonyl (C=O) groups is 2. The fraction of sp³-hybridized carbons (Fsp3) is 0.158. The highest BCUT2D eigenvalue weighted by molar-refractivity contribution is 5.97. The molecule has 6 N–H and O–H groups in total. The van der Waals surface area contributed by atoms with E-state index in [2.05, 4.69) is 17.2 Å². The lowest BCUT2D eigenvalue weighted by atomic mass is 10.1. The van der Waals surface area contributed by atoms with Gasteiger partial charge in [0.1, 0.15) is 6.04 Å². The Morgan fingerprint density at radius 1 is 1.00 bits per heavy atom. The van der Waals surface area contributed by atoms with Crippen LogP contribution in [0, 0.1) is 11.8 Å². The van der Waals surface area contributed by atoms with Crippen molar-refractivity contribution in [1.29, 1.82) is 0 Å². The maximum absolute atomic E-state index is 12.1. The molecule has 2 amide bonds. The van der Waals surface area contributed by atoms with Crippen molar-refractivity contribution in [1.82, 2.24) is 10.8 Å². The first-order valence-electron chi connectivity index (χ1n) is 7.84. The lowest BCUT2D eigenvalue weighted by molar-refractivity contribution is -0.130. The summed E-state index contributed by atoms with van der Waals surface area (Å²) in [5.41, 5.74) is 9.53. The minimum absolute atomic E-state index is 0.0117. The van der Waals surface area contributed by atoms with Crippen molar-refractivity contribution < 1.29 is 19.9 Å². The van der Waals surface area contributed by atoms with Gasteiger partial charge < -0.3 is 16.2 Å². The maximum atomic E-state index is 12.1. The number of hydrogen-bond acceptors (Lipinski definition) is 5. The number of rotatable bonds is 5. The molecule has 0 unspecified atom stereocenters. The van der Waals surface area contributed by atoms with Crippen LogP contribution in [-0.2, 0) is 11.4 Å². The molecule has 2 aromatic carbocycles. The zero-order valence-corrected chi connectivity index (χ0v) is 13.9. The predicted molar refractivity (Wildman–Crippen MR) is 95.0 cm³/mol.